The molecule has 114 valence electrons. The van der Waals surface area contributed by atoms with Crippen molar-refractivity contribution in [2.45, 2.75) is 18.5 Å². The highest BCUT2D eigenvalue weighted by Gasteiger charge is 2.36. The Morgan fingerprint density at radius 1 is 1.29 bits per heavy atom. The molecule has 0 saturated carbocycles. The summed E-state index contributed by atoms with van der Waals surface area (Å²) in [5.41, 5.74) is 5.89. The van der Waals surface area contributed by atoms with E-state index in [9.17, 15) is 18.0 Å². The summed E-state index contributed by atoms with van der Waals surface area (Å²) in [6.07, 6.45) is -3.39. The Morgan fingerprint density at radius 2 is 1.95 bits per heavy atom. The molecule has 1 aliphatic rings. The average Bonchev–Trinajstić information content (AvgIpc) is 2.48. The maximum Gasteiger partial charge on any atom is 0.412 e. The van der Waals surface area contributed by atoms with Crippen LogP contribution in [0.25, 0.3) is 0 Å². The highest BCUT2D eigenvalue weighted by molar-refractivity contribution is 5.84. The first-order chi connectivity index (χ1) is 9.93. The number of halogens is 3. The van der Waals surface area contributed by atoms with Gasteiger partial charge in [0.25, 0.3) is 0 Å². The van der Waals surface area contributed by atoms with Crippen molar-refractivity contribution >= 4 is 5.91 Å². The van der Waals surface area contributed by atoms with E-state index in [0.717, 1.165) is 11.6 Å². The molecule has 6 heteroatoms. The number of benzene rings is 1. The zero-order valence-electron chi connectivity index (χ0n) is 11.4. The van der Waals surface area contributed by atoms with Gasteiger partial charge in [-0.3, -0.25) is 4.79 Å². The number of rotatable bonds is 3. The molecule has 3 nitrogen and oxygen atoms in total. The van der Waals surface area contributed by atoms with Crippen LogP contribution in [0.1, 0.15) is 17.9 Å². The van der Waals surface area contributed by atoms with Crippen LogP contribution >= 0.6 is 0 Å². The molecule has 0 aliphatic carbocycles. The number of nitrogens with zero attached hydrogens (tertiary/aromatic N) is 1. The SMILES string of the molecule is NCC(C(=O)N1CC=C(C(F)(F)F)CC1)c1ccccc1. The summed E-state index contributed by atoms with van der Waals surface area (Å²) in [5, 5.41) is 0. The van der Waals surface area contributed by atoms with Gasteiger partial charge in [-0.05, 0) is 12.0 Å². The fourth-order valence-electron chi connectivity index (χ4n) is 2.41. The van der Waals surface area contributed by atoms with Gasteiger partial charge in [0.2, 0.25) is 5.91 Å². The highest BCUT2D eigenvalue weighted by atomic mass is 19.4. The minimum absolute atomic E-state index is 0.0169. The van der Waals surface area contributed by atoms with Crippen LogP contribution in [0.15, 0.2) is 42.0 Å². The Kier molecular flexibility index (Phi) is 4.67. The second-order valence-electron chi connectivity index (χ2n) is 4.96. The van der Waals surface area contributed by atoms with E-state index in [1.807, 2.05) is 18.2 Å². The molecule has 0 aromatic heterocycles. The van der Waals surface area contributed by atoms with E-state index in [1.165, 1.54) is 4.90 Å². The topological polar surface area (TPSA) is 46.3 Å². The van der Waals surface area contributed by atoms with Crippen molar-refractivity contribution in [2.75, 3.05) is 19.6 Å². The molecule has 2 rings (SSSR count). The van der Waals surface area contributed by atoms with Crippen LogP contribution in [0.2, 0.25) is 0 Å². The van der Waals surface area contributed by atoms with Gasteiger partial charge >= 0.3 is 6.18 Å². The summed E-state index contributed by atoms with van der Waals surface area (Å²) < 4.78 is 37.7. The quantitative estimate of drug-likeness (QED) is 0.871. The third kappa shape index (κ3) is 3.64. The molecular formula is C15H17F3N2O. The molecule has 1 aromatic carbocycles. The standard InChI is InChI=1S/C15H17F3N2O/c16-15(17,18)12-6-8-20(9-7-12)14(21)13(10-19)11-4-2-1-3-5-11/h1-6,13H,7-10,19H2. The monoisotopic (exact) mass is 298 g/mol. The molecule has 0 spiro atoms. The number of nitrogens with two attached hydrogens (primary N) is 1. The summed E-state index contributed by atoms with van der Waals surface area (Å²) in [7, 11) is 0. The number of alkyl halides is 3. The zero-order chi connectivity index (χ0) is 15.5. The van der Waals surface area contributed by atoms with Gasteiger partial charge in [0.1, 0.15) is 0 Å². The highest BCUT2D eigenvalue weighted by Crippen LogP contribution is 2.31. The smallest absolute Gasteiger partial charge is 0.338 e. The second kappa shape index (κ2) is 6.30. The van der Waals surface area contributed by atoms with Gasteiger partial charge < -0.3 is 10.6 Å². The molecule has 1 aliphatic heterocycles. The summed E-state index contributed by atoms with van der Waals surface area (Å²) in [5.74, 6) is -0.729. The van der Waals surface area contributed by atoms with Gasteiger partial charge in [0, 0.05) is 25.2 Å². The summed E-state index contributed by atoms with van der Waals surface area (Å²) in [4.78, 5) is 13.9. The van der Waals surface area contributed by atoms with Gasteiger partial charge in [0.05, 0.1) is 5.92 Å². The average molecular weight is 298 g/mol. The molecule has 1 heterocycles. The Hall–Kier alpha value is -1.82. The largest absolute Gasteiger partial charge is 0.412 e. The van der Waals surface area contributed by atoms with Gasteiger partial charge in [-0.15, -0.1) is 0 Å². The van der Waals surface area contributed by atoms with Crippen LogP contribution < -0.4 is 5.73 Å². The minimum atomic E-state index is -4.30. The lowest BCUT2D eigenvalue weighted by atomic mass is 9.96. The first-order valence-electron chi connectivity index (χ1n) is 6.73. The van der Waals surface area contributed by atoms with Gasteiger partial charge in [0.15, 0.2) is 0 Å². The molecule has 1 unspecified atom stereocenters. The second-order valence-corrected chi connectivity index (χ2v) is 4.96. The Balaban J connectivity index is 2.09. The maximum absolute atomic E-state index is 12.6. The molecule has 1 amide bonds. The minimum Gasteiger partial charge on any atom is -0.338 e. The first-order valence-corrected chi connectivity index (χ1v) is 6.73. The van der Waals surface area contributed by atoms with E-state index < -0.39 is 17.7 Å². The van der Waals surface area contributed by atoms with Crippen LogP contribution in [0, 0.1) is 0 Å². The van der Waals surface area contributed by atoms with E-state index >= 15 is 0 Å². The van der Waals surface area contributed by atoms with E-state index in [-0.39, 0.29) is 32.0 Å². The van der Waals surface area contributed by atoms with Crippen molar-refractivity contribution in [2.24, 2.45) is 5.73 Å². The third-order valence-electron chi connectivity index (χ3n) is 3.62. The molecule has 0 bridgehead atoms. The van der Waals surface area contributed by atoms with Gasteiger partial charge in [-0.25, -0.2) is 0 Å². The predicted molar refractivity (Wildman–Crippen MR) is 73.6 cm³/mol. The van der Waals surface area contributed by atoms with E-state index in [1.54, 1.807) is 12.1 Å². The van der Waals surface area contributed by atoms with Crippen LogP contribution in [0.4, 0.5) is 13.2 Å². The van der Waals surface area contributed by atoms with Crippen molar-refractivity contribution in [3.63, 3.8) is 0 Å². The van der Waals surface area contributed by atoms with Gasteiger partial charge in [-0.1, -0.05) is 36.4 Å². The van der Waals surface area contributed by atoms with Crippen molar-refractivity contribution in [3.05, 3.63) is 47.5 Å². The van der Waals surface area contributed by atoms with E-state index in [2.05, 4.69) is 0 Å². The fraction of sp³-hybridized carbons (Fsp3) is 0.400. The lowest BCUT2D eigenvalue weighted by molar-refractivity contribution is -0.133. The molecule has 0 radical (unpaired) electrons. The maximum atomic E-state index is 12.6. The van der Waals surface area contributed by atoms with Crippen LogP contribution in [0.3, 0.4) is 0 Å². The van der Waals surface area contributed by atoms with Crippen LogP contribution in [-0.4, -0.2) is 36.6 Å². The molecular weight excluding hydrogens is 281 g/mol. The predicted octanol–water partition coefficient (Wildman–Crippen LogP) is 2.45. The first kappa shape index (κ1) is 15.6. The lowest BCUT2D eigenvalue weighted by Crippen LogP contribution is -2.41. The van der Waals surface area contributed by atoms with Crippen LogP contribution in [-0.2, 0) is 4.79 Å². The van der Waals surface area contributed by atoms with E-state index in [0.29, 0.717) is 0 Å². The number of amides is 1. The Morgan fingerprint density at radius 3 is 2.43 bits per heavy atom. The number of hydrogen-bond acceptors (Lipinski definition) is 2. The summed E-state index contributed by atoms with van der Waals surface area (Å²) in [6.45, 7) is 0.194. The van der Waals surface area contributed by atoms with Crippen molar-refractivity contribution in [1.82, 2.24) is 4.90 Å². The van der Waals surface area contributed by atoms with Gasteiger partial charge in [-0.2, -0.15) is 13.2 Å². The summed E-state index contributed by atoms with van der Waals surface area (Å²) >= 11 is 0. The van der Waals surface area contributed by atoms with Crippen molar-refractivity contribution < 1.29 is 18.0 Å². The number of carbonyl (C=O) groups excluding carboxylic acids is 1. The third-order valence-corrected chi connectivity index (χ3v) is 3.62. The van der Waals surface area contributed by atoms with Crippen LogP contribution in [0.5, 0.6) is 0 Å². The molecule has 0 fully saturated rings. The molecule has 21 heavy (non-hydrogen) atoms. The van der Waals surface area contributed by atoms with E-state index in [4.69, 9.17) is 5.73 Å². The Labute approximate surface area is 121 Å². The molecule has 0 saturated heterocycles. The van der Waals surface area contributed by atoms with Crippen molar-refractivity contribution in [1.29, 1.82) is 0 Å². The normalized spacial score (nSPS) is 17.3. The number of carbonyl (C=O) groups is 1. The zero-order valence-corrected chi connectivity index (χ0v) is 11.4. The Bertz CT molecular complexity index is 525. The molecule has 2 N–H and O–H groups in total. The molecule has 1 atom stereocenters. The lowest BCUT2D eigenvalue weighted by Gasteiger charge is -2.30. The molecule has 1 aromatic rings. The fourth-order valence-corrected chi connectivity index (χ4v) is 2.41. The van der Waals surface area contributed by atoms with Crippen molar-refractivity contribution in [3.8, 4) is 0 Å². The summed E-state index contributed by atoms with van der Waals surface area (Å²) in [6, 6.07) is 9.06. The number of hydrogen-bond donors (Lipinski definition) is 1.